The van der Waals surface area contributed by atoms with Gasteiger partial charge in [0.1, 0.15) is 0 Å². The molecule has 0 bridgehead atoms. The molecule has 0 rings (SSSR count). The minimum Gasteiger partial charge on any atom is -0.466 e. The molecule has 0 saturated carbocycles. The van der Waals surface area contributed by atoms with Gasteiger partial charge in [-0.15, -0.1) is 0 Å². The fourth-order valence-electron chi connectivity index (χ4n) is 2.17. The molecule has 0 heterocycles. The van der Waals surface area contributed by atoms with Gasteiger partial charge in [0.25, 0.3) is 10.1 Å². The highest BCUT2D eigenvalue weighted by Gasteiger charge is 2.00. The van der Waals surface area contributed by atoms with E-state index in [1.54, 1.807) is 0 Å². The maximum atomic E-state index is 11.1. The number of unbranched alkanes of at least 4 members (excludes halogenated alkanes) is 10. The van der Waals surface area contributed by atoms with Gasteiger partial charge in [-0.1, -0.05) is 71.1 Å². The molecule has 0 unspecified atom stereocenters. The molecule has 146 valence electrons. The van der Waals surface area contributed by atoms with Crippen molar-refractivity contribution in [3.8, 4) is 0 Å². The van der Waals surface area contributed by atoms with Gasteiger partial charge in [-0.2, -0.15) is 8.42 Å². The van der Waals surface area contributed by atoms with Crippen LogP contribution < -0.4 is 0 Å². The third-order valence-electron chi connectivity index (χ3n) is 3.65. The van der Waals surface area contributed by atoms with Gasteiger partial charge in [0.05, 0.1) is 12.4 Å². The normalized spacial score (nSPS) is 10.8. The van der Waals surface area contributed by atoms with Crippen molar-refractivity contribution in [2.45, 2.75) is 97.8 Å². The number of ether oxygens (including phenoxy) is 1. The summed E-state index contributed by atoms with van der Waals surface area (Å²) in [6, 6.07) is 0. The second kappa shape index (κ2) is 18.7. The highest BCUT2D eigenvalue weighted by Crippen LogP contribution is 2.12. The van der Waals surface area contributed by atoms with E-state index in [4.69, 9.17) is 9.29 Å². The van der Waals surface area contributed by atoms with Gasteiger partial charge in [0.15, 0.2) is 0 Å². The third kappa shape index (κ3) is 26.3. The smallest absolute Gasteiger partial charge is 0.305 e. The van der Waals surface area contributed by atoms with Crippen LogP contribution in [-0.2, 0) is 19.6 Å². The molecule has 0 aromatic rings. The first kappa shape index (κ1) is 25.6. The van der Waals surface area contributed by atoms with Crippen LogP contribution in [0.4, 0.5) is 0 Å². The molecule has 0 aliphatic heterocycles. The second-order valence-electron chi connectivity index (χ2n) is 5.96. The van der Waals surface area contributed by atoms with Crippen molar-refractivity contribution in [2.75, 3.05) is 12.4 Å². The molecular weight excluding hydrogens is 328 g/mol. The number of carbonyl (C=O) groups is 1. The Hall–Kier alpha value is -0.620. The summed E-state index contributed by atoms with van der Waals surface area (Å²) >= 11 is 0. The minimum atomic E-state index is -3.66. The maximum absolute atomic E-state index is 11.1. The van der Waals surface area contributed by atoms with Crippen LogP contribution in [0.5, 0.6) is 0 Å². The van der Waals surface area contributed by atoms with Crippen LogP contribution in [0.25, 0.3) is 0 Å². The Labute approximate surface area is 149 Å². The molecule has 24 heavy (non-hydrogen) atoms. The Bertz CT molecular complexity index is 366. The molecule has 0 amide bonds. The fraction of sp³-hybridized carbons (Fsp3) is 0.944. The largest absolute Gasteiger partial charge is 0.466 e. The first-order chi connectivity index (χ1) is 11.4. The van der Waals surface area contributed by atoms with Crippen LogP contribution in [0.15, 0.2) is 0 Å². The summed E-state index contributed by atoms with van der Waals surface area (Å²) in [5.41, 5.74) is 0. The van der Waals surface area contributed by atoms with E-state index in [1.807, 2.05) is 6.92 Å². The number of esters is 1. The van der Waals surface area contributed by atoms with Crippen molar-refractivity contribution < 1.29 is 22.5 Å². The Morgan fingerprint density at radius 3 is 1.50 bits per heavy atom. The van der Waals surface area contributed by atoms with Gasteiger partial charge in [-0.25, -0.2) is 0 Å². The van der Waals surface area contributed by atoms with E-state index in [9.17, 15) is 13.2 Å². The molecule has 0 aliphatic carbocycles. The summed E-state index contributed by atoms with van der Waals surface area (Å²) in [4.78, 5) is 11.1. The van der Waals surface area contributed by atoms with Crippen LogP contribution in [0, 0.1) is 0 Å². The topological polar surface area (TPSA) is 80.7 Å². The van der Waals surface area contributed by atoms with Crippen LogP contribution in [0.3, 0.4) is 0 Å². The Morgan fingerprint density at radius 1 is 0.792 bits per heavy atom. The molecule has 0 saturated heterocycles. The number of rotatable bonds is 14. The third-order valence-corrected chi connectivity index (χ3v) is 4.38. The molecule has 0 atom stereocenters. The number of hydrogen-bond acceptors (Lipinski definition) is 4. The average Bonchev–Trinajstić information content (AvgIpc) is 2.53. The van der Waals surface area contributed by atoms with Gasteiger partial charge < -0.3 is 4.74 Å². The number of carbonyl (C=O) groups excluding carboxylic acids is 1. The van der Waals surface area contributed by atoms with Crippen molar-refractivity contribution in [3.63, 3.8) is 0 Å². The maximum Gasteiger partial charge on any atom is 0.305 e. The van der Waals surface area contributed by atoms with E-state index in [2.05, 4.69) is 6.92 Å². The molecule has 1 N–H and O–H groups in total. The molecule has 6 heteroatoms. The molecule has 0 spiro atoms. The highest BCUT2D eigenvalue weighted by molar-refractivity contribution is 7.85. The lowest BCUT2D eigenvalue weighted by molar-refractivity contribution is -0.143. The zero-order valence-corrected chi connectivity index (χ0v) is 16.7. The summed E-state index contributed by atoms with van der Waals surface area (Å²) in [7, 11) is -3.66. The predicted octanol–water partition coefficient (Wildman–Crippen LogP) is 5.14. The summed E-state index contributed by atoms with van der Waals surface area (Å²) in [6.07, 6.45) is 15.1. The Morgan fingerprint density at radius 2 is 1.17 bits per heavy atom. The Kier molecular flexibility index (Phi) is 20.0. The van der Waals surface area contributed by atoms with Gasteiger partial charge in [0.2, 0.25) is 0 Å². The lowest BCUT2D eigenvalue weighted by Gasteiger charge is -2.03. The molecular formula is C18H38O5S. The van der Waals surface area contributed by atoms with Crippen LogP contribution in [-0.4, -0.2) is 31.3 Å². The zero-order chi connectivity index (χ0) is 18.7. The fourth-order valence-corrected chi connectivity index (χ4v) is 2.17. The van der Waals surface area contributed by atoms with E-state index in [0.29, 0.717) is 13.0 Å². The summed E-state index contributed by atoms with van der Waals surface area (Å²) in [6.45, 7) is 6.00. The lowest BCUT2D eigenvalue weighted by Crippen LogP contribution is -2.03. The van der Waals surface area contributed by atoms with Gasteiger partial charge in [0, 0.05) is 6.42 Å². The van der Waals surface area contributed by atoms with Crippen LogP contribution in [0.2, 0.25) is 0 Å². The van der Waals surface area contributed by atoms with Crippen LogP contribution in [0.1, 0.15) is 97.8 Å². The molecule has 0 aliphatic rings. The SMILES string of the molecule is CCCCCCCCCCCCCC(=O)OCC.CCS(=O)(=O)O. The summed E-state index contributed by atoms with van der Waals surface area (Å²) in [5.74, 6) is -0.235. The standard InChI is InChI=1S/C16H32O2.C2H6O3S/c1-3-5-6-7-8-9-10-11-12-13-14-15-16(17)18-4-2;1-2-6(3,4)5/h3-15H2,1-2H3;2H2,1H3,(H,3,4,5). The van der Waals surface area contributed by atoms with Crippen molar-refractivity contribution in [1.82, 2.24) is 0 Å². The van der Waals surface area contributed by atoms with Gasteiger partial charge >= 0.3 is 5.97 Å². The Balaban J connectivity index is 0. The zero-order valence-electron chi connectivity index (χ0n) is 15.9. The molecule has 0 aromatic carbocycles. The predicted molar refractivity (Wildman–Crippen MR) is 99.8 cm³/mol. The molecule has 0 radical (unpaired) electrons. The van der Waals surface area contributed by atoms with Crippen molar-refractivity contribution in [2.24, 2.45) is 0 Å². The van der Waals surface area contributed by atoms with E-state index in [1.165, 1.54) is 71.1 Å². The molecule has 0 fully saturated rings. The first-order valence-electron chi connectivity index (χ1n) is 9.48. The minimum absolute atomic E-state index is 0.0339. The van der Waals surface area contributed by atoms with Crippen molar-refractivity contribution in [1.29, 1.82) is 0 Å². The number of hydrogen-bond donors (Lipinski definition) is 1. The van der Waals surface area contributed by atoms with E-state index in [0.717, 1.165) is 6.42 Å². The summed E-state index contributed by atoms with van der Waals surface area (Å²) in [5, 5.41) is 0. The van der Waals surface area contributed by atoms with Crippen LogP contribution >= 0.6 is 0 Å². The van der Waals surface area contributed by atoms with Gasteiger partial charge in [-0.05, 0) is 20.3 Å². The molecule has 0 aromatic heterocycles. The highest BCUT2D eigenvalue weighted by atomic mass is 32.2. The van der Waals surface area contributed by atoms with Crippen molar-refractivity contribution in [3.05, 3.63) is 0 Å². The average molecular weight is 367 g/mol. The summed E-state index contributed by atoms with van der Waals surface area (Å²) < 4.78 is 31.8. The molecule has 5 nitrogen and oxygen atoms in total. The lowest BCUT2D eigenvalue weighted by atomic mass is 10.1. The monoisotopic (exact) mass is 366 g/mol. The quantitative estimate of drug-likeness (QED) is 0.261. The second-order valence-corrected chi connectivity index (χ2v) is 7.70. The first-order valence-corrected chi connectivity index (χ1v) is 11.1. The van der Waals surface area contributed by atoms with E-state index in [-0.39, 0.29) is 11.7 Å². The van der Waals surface area contributed by atoms with E-state index >= 15 is 0 Å². The van der Waals surface area contributed by atoms with Crippen molar-refractivity contribution >= 4 is 16.1 Å². The van der Waals surface area contributed by atoms with Gasteiger partial charge in [-0.3, -0.25) is 9.35 Å². The van der Waals surface area contributed by atoms with E-state index < -0.39 is 10.1 Å².